The largest absolute Gasteiger partial charge is 0.461 e. The molecule has 1 amide bonds. The molecule has 0 N–H and O–H groups in total. The molecule has 2 rings (SSSR count). The fraction of sp³-hybridized carbons (Fsp3) is 0.692. The smallest absolute Gasteiger partial charge is 0.309 e. The van der Waals surface area contributed by atoms with Gasteiger partial charge in [0.1, 0.15) is 6.61 Å². The lowest BCUT2D eigenvalue weighted by molar-refractivity contribution is -0.150. The quantitative estimate of drug-likeness (QED) is 0.548. The molecule has 1 aliphatic carbocycles. The molecule has 4 nitrogen and oxygen atoms in total. The molecule has 4 heteroatoms. The summed E-state index contributed by atoms with van der Waals surface area (Å²) in [6.07, 6.45) is 5.12. The van der Waals surface area contributed by atoms with E-state index in [1.54, 1.807) is 6.08 Å². The van der Waals surface area contributed by atoms with Crippen molar-refractivity contribution in [1.29, 1.82) is 0 Å². The number of hydrogen-bond donors (Lipinski definition) is 0. The SMILES string of the molecule is C=CCOC(=O)C1CCN(C(=O)C2CC2)CC1. The Morgan fingerprint density at radius 2 is 1.82 bits per heavy atom. The van der Waals surface area contributed by atoms with Crippen molar-refractivity contribution in [3.63, 3.8) is 0 Å². The summed E-state index contributed by atoms with van der Waals surface area (Å²) in [6, 6.07) is 0. The predicted octanol–water partition coefficient (Wildman–Crippen LogP) is 1.36. The van der Waals surface area contributed by atoms with Gasteiger partial charge in [-0.3, -0.25) is 9.59 Å². The van der Waals surface area contributed by atoms with Crippen molar-refractivity contribution in [1.82, 2.24) is 4.90 Å². The first-order chi connectivity index (χ1) is 8.22. The van der Waals surface area contributed by atoms with Crippen molar-refractivity contribution in [2.24, 2.45) is 11.8 Å². The van der Waals surface area contributed by atoms with Crippen LogP contribution >= 0.6 is 0 Å². The molecular weight excluding hydrogens is 218 g/mol. The van der Waals surface area contributed by atoms with Crippen LogP contribution in [0.5, 0.6) is 0 Å². The molecule has 0 aromatic carbocycles. The molecule has 2 aliphatic rings. The molecule has 0 aromatic rings. The minimum absolute atomic E-state index is 0.0433. The number of ether oxygens (including phenoxy) is 1. The summed E-state index contributed by atoms with van der Waals surface area (Å²) in [6.45, 7) is 5.18. The van der Waals surface area contributed by atoms with Crippen LogP contribution in [0.3, 0.4) is 0 Å². The molecule has 0 unspecified atom stereocenters. The molecule has 1 aliphatic heterocycles. The third-order valence-electron chi connectivity index (χ3n) is 3.41. The van der Waals surface area contributed by atoms with Crippen LogP contribution in [0.15, 0.2) is 12.7 Å². The number of likely N-dealkylation sites (tertiary alicyclic amines) is 1. The normalized spacial score (nSPS) is 21.1. The highest BCUT2D eigenvalue weighted by Gasteiger charge is 2.36. The fourth-order valence-corrected chi connectivity index (χ4v) is 2.18. The molecule has 1 heterocycles. The topological polar surface area (TPSA) is 46.6 Å². The van der Waals surface area contributed by atoms with Crippen LogP contribution in [0.2, 0.25) is 0 Å². The summed E-state index contributed by atoms with van der Waals surface area (Å²) in [4.78, 5) is 25.3. The molecule has 0 spiro atoms. The Labute approximate surface area is 102 Å². The van der Waals surface area contributed by atoms with Crippen molar-refractivity contribution in [3.8, 4) is 0 Å². The van der Waals surface area contributed by atoms with Gasteiger partial charge in [-0.25, -0.2) is 0 Å². The first-order valence-corrected chi connectivity index (χ1v) is 6.28. The summed E-state index contributed by atoms with van der Waals surface area (Å²) >= 11 is 0. The van der Waals surface area contributed by atoms with E-state index in [0.717, 1.165) is 25.7 Å². The second-order valence-corrected chi connectivity index (χ2v) is 4.79. The predicted molar refractivity (Wildman–Crippen MR) is 63.2 cm³/mol. The van der Waals surface area contributed by atoms with Crippen LogP contribution in [-0.2, 0) is 14.3 Å². The average Bonchev–Trinajstić information content (AvgIpc) is 3.19. The van der Waals surface area contributed by atoms with E-state index in [9.17, 15) is 9.59 Å². The molecule has 17 heavy (non-hydrogen) atoms. The van der Waals surface area contributed by atoms with E-state index in [2.05, 4.69) is 6.58 Å². The minimum atomic E-state index is -0.150. The van der Waals surface area contributed by atoms with Crippen molar-refractivity contribution in [3.05, 3.63) is 12.7 Å². The summed E-state index contributed by atoms with van der Waals surface area (Å²) in [7, 11) is 0. The highest BCUT2D eigenvalue weighted by atomic mass is 16.5. The maximum Gasteiger partial charge on any atom is 0.309 e. The number of carbonyl (C=O) groups is 2. The summed E-state index contributed by atoms with van der Waals surface area (Å²) in [5.41, 5.74) is 0. The van der Waals surface area contributed by atoms with Crippen molar-refractivity contribution in [2.75, 3.05) is 19.7 Å². The average molecular weight is 237 g/mol. The fourth-order valence-electron chi connectivity index (χ4n) is 2.18. The molecule has 0 aromatic heterocycles. The second-order valence-electron chi connectivity index (χ2n) is 4.79. The monoisotopic (exact) mass is 237 g/mol. The molecule has 0 atom stereocenters. The Kier molecular flexibility index (Phi) is 3.82. The van der Waals surface area contributed by atoms with E-state index in [4.69, 9.17) is 4.74 Å². The van der Waals surface area contributed by atoms with Gasteiger partial charge in [0.15, 0.2) is 0 Å². The van der Waals surface area contributed by atoms with Gasteiger partial charge < -0.3 is 9.64 Å². The molecule has 0 radical (unpaired) electrons. The van der Waals surface area contributed by atoms with E-state index >= 15 is 0 Å². The molecular formula is C13H19NO3. The lowest BCUT2D eigenvalue weighted by Gasteiger charge is -2.31. The standard InChI is InChI=1S/C13H19NO3/c1-2-9-17-13(16)11-5-7-14(8-6-11)12(15)10-3-4-10/h2,10-11H,1,3-9H2. The Morgan fingerprint density at radius 1 is 1.18 bits per heavy atom. The van der Waals surface area contributed by atoms with Gasteiger partial charge in [-0.1, -0.05) is 12.7 Å². The number of amides is 1. The summed E-state index contributed by atoms with van der Waals surface area (Å²) in [5.74, 6) is 0.365. The van der Waals surface area contributed by atoms with E-state index in [-0.39, 0.29) is 30.3 Å². The lowest BCUT2D eigenvalue weighted by atomic mass is 9.97. The molecule has 94 valence electrons. The Bertz CT molecular complexity index is 315. The van der Waals surface area contributed by atoms with Gasteiger partial charge in [-0.15, -0.1) is 0 Å². The summed E-state index contributed by atoms with van der Waals surface area (Å²) < 4.78 is 5.03. The van der Waals surface area contributed by atoms with E-state index in [1.165, 1.54) is 0 Å². The Balaban J connectivity index is 1.75. The van der Waals surface area contributed by atoms with Crippen LogP contribution in [0.25, 0.3) is 0 Å². The molecule has 1 saturated carbocycles. The van der Waals surface area contributed by atoms with Crippen LogP contribution in [0, 0.1) is 11.8 Å². The van der Waals surface area contributed by atoms with Crippen LogP contribution < -0.4 is 0 Å². The van der Waals surface area contributed by atoms with Gasteiger partial charge >= 0.3 is 5.97 Å². The second kappa shape index (κ2) is 5.34. The number of rotatable bonds is 4. The number of carbonyl (C=O) groups excluding carboxylic acids is 2. The molecule has 1 saturated heterocycles. The minimum Gasteiger partial charge on any atom is -0.461 e. The molecule has 0 bridgehead atoms. The van der Waals surface area contributed by atoms with Gasteiger partial charge in [0, 0.05) is 19.0 Å². The van der Waals surface area contributed by atoms with Gasteiger partial charge in [-0.05, 0) is 25.7 Å². The Morgan fingerprint density at radius 3 is 2.35 bits per heavy atom. The van der Waals surface area contributed by atoms with Crippen molar-refractivity contribution >= 4 is 11.9 Å². The number of piperidine rings is 1. The zero-order valence-corrected chi connectivity index (χ0v) is 10.1. The zero-order valence-electron chi connectivity index (χ0n) is 10.1. The lowest BCUT2D eigenvalue weighted by Crippen LogP contribution is -2.41. The van der Waals surface area contributed by atoms with Crippen LogP contribution in [0.1, 0.15) is 25.7 Å². The summed E-state index contributed by atoms with van der Waals surface area (Å²) in [5, 5.41) is 0. The van der Waals surface area contributed by atoms with Crippen molar-refractivity contribution < 1.29 is 14.3 Å². The molecule has 2 fully saturated rings. The van der Waals surface area contributed by atoms with Crippen LogP contribution in [-0.4, -0.2) is 36.5 Å². The third kappa shape index (κ3) is 3.08. The van der Waals surface area contributed by atoms with Crippen molar-refractivity contribution in [2.45, 2.75) is 25.7 Å². The number of esters is 1. The first-order valence-electron chi connectivity index (χ1n) is 6.28. The van der Waals surface area contributed by atoms with Gasteiger partial charge in [-0.2, -0.15) is 0 Å². The maximum absolute atomic E-state index is 11.8. The van der Waals surface area contributed by atoms with E-state index in [1.807, 2.05) is 4.90 Å². The number of hydrogen-bond acceptors (Lipinski definition) is 3. The number of nitrogens with zero attached hydrogens (tertiary/aromatic N) is 1. The Hall–Kier alpha value is -1.32. The van der Waals surface area contributed by atoms with Gasteiger partial charge in [0.25, 0.3) is 0 Å². The van der Waals surface area contributed by atoms with Gasteiger partial charge in [0.2, 0.25) is 5.91 Å². The van der Waals surface area contributed by atoms with E-state index < -0.39 is 0 Å². The highest BCUT2D eigenvalue weighted by molar-refractivity contribution is 5.81. The zero-order chi connectivity index (χ0) is 12.3. The van der Waals surface area contributed by atoms with Gasteiger partial charge in [0.05, 0.1) is 5.92 Å². The first kappa shape index (κ1) is 12.1. The highest BCUT2D eigenvalue weighted by Crippen LogP contribution is 2.32. The van der Waals surface area contributed by atoms with Crippen LogP contribution in [0.4, 0.5) is 0 Å². The maximum atomic E-state index is 11.8. The third-order valence-corrected chi connectivity index (χ3v) is 3.41. The van der Waals surface area contributed by atoms with E-state index in [0.29, 0.717) is 13.1 Å².